The molecule has 2 amide bonds. The molecule has 138 valence electrons. The van der Waals surface area contributed by atoms with Crippen molar-refractivity contribution in [3.63, 3.8) is 0 Å². The normalized spacial score (nSPS) is 25.3. The maximum absolute atomic E-state index is 12.5. The van der Waals surface area contributed by atoms with Gasteiger partial charge in [-0.05, 0) is 45.2 Å². The van der Waals surface area contributed by atoms with Gasteiger partial charge in [0, 0.05) is 57.0 Å². The van der Waals surface area contributed by atoms with Crippen LogP contribution in [-0.4, -0.2) is 72.1 Å². The molecular formula is C20H32N4O. The van der Waals surface area contributed by atoms with Crippen LogP contribution in [0.15, 0.2) is 24.3 Å². The van der Waals surface area contributed by atoms with Gasteiger partial charge >= 0.3 is 6.03 Å². The summed E-state index contributed by atoms with van der Waals surface area (Å²) in [4.78, 5) is 19.5. The third-order valence-corrected chi connectivity index (χ3v) is 5.86. The fourth-order valence-corrected chi connectivity index (χ4v) is 4.03. The summed E-state index contributed by atoms with van der Waals surface area (Å²) >= 11 is 0. The summed E-state index contributed by atoms with van der Waals surface area (Å²) in [6, 6.07) is 9.39. The Kier molecular flexibility index (Phi) is 5.97. The molecular weight excluding hydrogens is 312 g/mol. The van der Waals surface area contributed by atoms with Crippen molar-refractivity contribution in [2.75, 3.05) is 44.6 Å². The minimum atomic E-state index is 0.0238. The van der Waals surface area contributed by atoms with Gasteiger partial charge < -0.3 is 10.2 Å². The summed E-state index contributed by atoms with van der Waals surface area (Å²) in [6.45, 7) is 12.5. The van der Waals surface area contributed by atoms with Gasteiger partial charge in [0.25, 0.3) is 0 Å². The molecule has 1 aromatic carbocycles. The molecule has 1 N–H and O–H groups in total. The lowest BCUT2D eigenvalue weighted by Gasteiger charge is -2.36. The Hall–Kier alpha value is -1.59. The number of carbonyl (C=O) groups excluding carboxylic acids is 1. The highest BCUT2D eigenvalue weighted by Gasteiger charge is 2.28. The molecule has 5 heteroatoms. The van der Waals surface area contributed by atoms with Crippen molar-refractivity contribution in [1.82, 2.24) is 14.7 Å². The van der Waals surface area contributed by atoms with Crippen molar-refractivity contribution in [3.05, 3.63) is 29.8 Å². The van der Waals surface area contributed by atoms with Crippen molar-refractivity contribution in [2.45, 2.75) is 45.7 Å². The van der Waals surface area contributed by atoms with E-state index in [-0.39, 0.29) is 6.03 Å². The fraction of sp³-hybridized carbons (Fsp3) is 0.650. The predicted molar refractivity (Wildman–Crippen MR) is 103 cm³/mol. The molecule has 0 unspecified atom stereocenters. The third kappa shape index (κ3) is 4.53. The Labute approximate surface area is 152 Å². The van der Waals surface area contributed by atoms with Gasteiger partial charge in [-0.25, -0.2) is 4.79 Å². The Balaban J connectivity index is 1.42. The maximum Gasteiger partial charge on any atom is 0.321 e. The number of anilines is 1. The molecule has 2 aliphatic rings. The Morgan fingerprint density at radius 1 is 1.04 bits per heavy atom. The van der Waals surface area contributed by atoms with Crippen LogP contribution < -0.4 is 5.32 Å². The quantitative estimate of drug-likeness (QED) is 0.912. The van der Waals surface area contributed by atoms with E-state index in [0.717, 1.165) is 62.6 Å². The van der Waals surface area contributed by atoms with E-state index < -0.39 is 0 Å². The summed E-state index contributed by atoms with van der Waals surface area (Å²) in [5, 5.41) is 3.04. The largest absolute Gasteiger partial charge is 0.322 e. The van der Waals surface area contributed by atoms with Crippen LogP contribution in [0.4, 0.5) is 10.5 Å². The fourth-order valence-electron chi connectivity index (χ4n) is 4.03. The number of urea groups is 1. The molecule has 0 aromatic heterocycles. The average molecular weight is 345 g/mol. The summed E-state index contributed by atoms with van der Waals surface area (Å²) in [7, 11) is 0. The zero-order valence-corrected chi connectivity index (χ0v) is 15.9. The summed E-state index contributed by atoms with van der Waals surface area (Å²) < 4.78 is 0. The van der Waals surface area contributed by atoms with Crippen molar-refractivity contribution in [1.29, 1.82) is 0 Å². The zero-order chi connectivity index (χ0) is 17.8. The molecule has 0 bridgehead atoms. The van der Waals surface area contributed by atoms with Crippen LogP contribution in [0, 0.1) is 6.92 Å². The number of benzene rings is 1. The van der Waals surface area contributed by atoms with E-state index in [4.69, 9.17) is 0 Å². The van der Waals surface area contributed by atoms with E-state index in [1.54, 1.807) is 0 Å². The lowest BCUT2D eigenvalue weighted by molar-refractivity contribution is 0.123. The van der Waals surface area contributed by atoms with Gasteiger partial charge in [-0.2, -0.15) is 0 Å². The van der Waals surface area contributed by atoms with Gasteiger partial charge in [0.15, 0.2) is 0 Å². The smallest absolute Gasteiger partial charge is 0.321 e. The van der Waals surface area contributed by atoms with E-state index in [9.17, 15) is 4.79 Å². The number of nitrogens with zero attached hydrogens (tertiary/aromatic N) is 3. The summed E-state index contributed by atoms with van der Waals surface area (Å²) in [5.74, 6) is 0. The van der Waals surface area contributed by atoms with Crippen LogP contribution in [0.3, 0.4) is 0 Å². The first-order valence-corrected chi connectivity index (χ1v) is 9.64. The van der Waals surface area contributed by atoms with E-state index in [1.807, 2.05) is 36.1 Å². The number of para-hydroxylation sites is 1. The van der Waals surface area contributed by atoms with Crippen LogP contribution >= 0.6 is 0 Å². The monoisotopic (exact) mass is 344 g/mol. The number of hydrogen-bond donors (Lipinski definition) is 1. The highest BCUT2D eigenvalue weighted by molar-refractivity contribution is 5.90. The Morgan fingerprint density at radius 3 is 2.32 bits per heavy atom. The van der Waals surface area contributed by atoms with Gasteiger partial charge in [0.05, 0.1) is 0 Å². The highest BCUT2D eigenvalue weighted by atomic mass is 16.2. The molecule has 2 saturated heterocycles. The number of hydrogen-bond acceptors (Lipinski definition) is 3. The molecule has 1 aromatic rings. The summed E-state index contributed by atoms with van der Waals surface area (Å²) in [5.41, 5.74) is 2.01. The topological polar surface area (TPSA) is 38.8 Å². The second-order valence-corrected chi connectivity index (χ2v) is 7.59. The highest BCUT2D eigenvalue weighted by Crippen LogP contribution is 2.23. The van der Waals surface area contributed by atoms with Gasteiger partial charge in [-0.1, -0.05) is 18.2 Å². The molecule has 25 heavy (non-hydrogen) atoms. The number of carbonyl (C=O) groups is 1. The first kappa shape index (κ1) is 18.2. The number of amides is 2. The first-order chi connectivity index (χ1) is 12.0. The van der Waals surface area contributed by atoms with E-state index in [0.29, 0.717) is 0 Å². The van der Waals surface area contributed by atoms with Crippen LogP contribution in [0.25, 0.3) is 0 Å². The van der Waals surface area contributed by atoms with Crippen molar-refractivity contribution < 1.29 is 4.79 Å². The number of likely N-dealkylation sites (tertiary alicyclic amines) is 1. The number of aryl methyl sites for hydroxylation is 1. The average Bonchev–Trinajstić information content (AvgIpc) is 2.93. The van der Waals surface area contributed by atoms with Gasteiger partial charge in [0.2, 0.25) is 0 Å². The number of nitrogens with one attached hydrogen (secondary N) is 1. The van der Waals surface area contributed by atoms with Crippen LogP contribution in [0.1, 0.15) is 32.3 Å². The third-order valence-electron chi connectivity index (χ3n) is 5.86. The first-order valence-electron chi connectivity index (χ1n) is 9.64. The molecule has 2 aliphatic heterocycles. The van der Waals surface area contributed by atoms with E-state index in [2.05, 4.69) is 29.0 Å². The molecule has 0 aliphatic carbocycles. The lowest BCUT2D eigenvalue weighted by atomic mass is 10.2. The predicted octanol–water partition coefficient (Wildman–Crippen LogP) is 3.02. The number of rotatable bonds is 4. The second kappa shape index (κ2) is 8.19. The minimum absolute atomic E-state index is 0.0238. The van der Waals surface area contributed by atoms with Crippen LogP contribution in [-0.2, 0) is 0 Å². The van der Waals surface area contributed by atoms with Crippen LogP contribution in [0.2, 0.25) is 0 Å². The van der Waals surface area contributed by atoms with Crippen LogP contribution in [0.5, 0.6) is 0 Å². The van der Waals surface area contributed by atoms with Gasteiger partial charge in [-0.3, -0.25) is 9.80 Å². The second-order valence-electron chi connectivity index (χ2n) is 7.59. The Morgan fingerprint density at radius 2 is 1.68 bits per heavy atom. The maximum atomic E-state index is 12.5. The standard InChI is InChI=1S/C20H32N4O/c1-16-6-4-5-7-19(16)21-20(25)23-13-10-22(11-14-23)12-15-24-17(2)8-9-18(24)3/h4-7,17-18H,8-15H2,1-3H3,(H,21,25)/t17-,18-/m0/s1. The molecule has 3 rings (SSSR count). The zero-order valence-electron chi connectivity index (χ0n) is 15.9. The van der Waals surface area contributed by atoms with Crippen molar-refractivity contribution >= 4 is 11.7 Å². The molecule has 2 atom stereocenters. The minimum Gasteiger partial charge on any atom is -0.322 e. The van der Waals surface area contributed by atoms with E-state index in [1.165, 1.54) is 12.8 Å². The SMILES string of the molecule is Cc1ccccc1NC(=O)N1CCN(CCN2[C@@H](C)CC[C@@H]2C)CC1. The molecule has 2 heterocycles. The van der Waals surface area contributed by atoms with E-state index >= 15 is 0 Å². The Bertz CT molecular complexity index is 573. The molecule has 2 fully saturated rings. The van der Waals surface area contributed by atoms with Gasteiger partial charge in [-0.15, -0.1) is 0 Å². The summed E-state index contributed by atoms with van der Waals surface area (Å²) in [6.07, 6.45) is 2.65. The molecule has 0 spiro atoms. The van der Waals surface area contributed by atoms with Gasteiger partial charge in [0.1, 0.15) is 0 Å². The molecule has 5 nitrogen and oxygen atoms in total. The van der Waals surface area contributed by atoms with Crippen molar-refractivity contribution in [3.8, 4) is 0 Å². The van der Waals surface area contributed by atoms with Crippen molar-refractivity contribution in [2.24, 2.45) is 0 Å². The molecule has 0 radical (unpaired) electrons. The lowest BCUT2D eigenvalue weighted by Crippen LogP contribution is -2.51. The number of piperazine rings is 1. The molecule has 0 saturated carbocycles.